The molecule has 0 aliphatic carbocycles. The van der Waals surface area contributed by atoms with Crippen molar-refractivity contribution in [3.05, 3.63) is 77.9 Å². The van der Waals surface area contributed by atoms with Gasteiger partial charge in [-0.2, -0.15) is 0 Å². The minimum atomic E-state index is -4.77. The maximum absolute atomic E-state index is 12.5. The molecule has 5 nitrogen and oxygen atoms in total. The first-order valence-corrected chi connectivity index (χ1v) is 9.24. The van der Waals surface area contributed by atoms with Gasteiger partial charge in [0.05, 0.1) is 24.9 Å². The number of fused-ring (bicyclic) bond motifs is 1. The lowest BCUT2D eigenvalue weighted by molar-refractivity contribution is -0.274. The Hall–Kier alpha value is -3.81. The van der Waals surface area contributed by atoms with Gasteiger partial charge in [0.2, 0.25) is 0 Å². The molecule has 0 saturated carbocycles. The number of hydrogen-bond acceptors (Lipinski definition) is 4. The van der Waals surface area contributed by atoms with Crippen LogP contribution in [0.25, 0.3) is 11.1 Å². The number of amides is 1. The van der Waals surface area contributed by atoms with Crippen molar-refractivity contribution in [3.8, 4) is 22.6 Å². The van der Waals surface area contributed by atoms with E-state index in [0.29, 0.717) is 22.6 Å². The maximum Gasteiger partial charge on any atom is 0.573 e. The minimum Gasteiger partial charge on any atom is -0.497 e. The first-order chi connectivity index (χ1) is 14.7. The summed E-state index contributed by atoms with van der Waals surface area (Å²) < 4.78 is 46.0. The van der Waals surface area contributed by atoms with Crippen LogP contribution in [0.1, 0.15) is 15.9 Å². The average molecular weight is 427 g/mol. The molecule has 1 aliphatic rings. The van der Waals surface area contributed by atoms with E-state index in [1.807, 2.05) is 12.1 Å². The summed E-state index contributed by atoms with van der Waals surface area (Å²) in [5.74, 6) is -0.905. The predicted octanol–water partition coefficient (Wildman–Crippen LogP) is 4.99. The third-order valence-electron chi connectivity index (χ3n) is 4.89. The number of carbonyl (C=O) groups excluding carboxylic acids is 2. The van der Waals surface area contributed by atoms with E-state index in [1.54, 1.807) is 37.4 Å². The van der Waals surface area contributed by atoms with E-state index in [-0.39, 0.29) is 17.9 Å². The molecule has 1 amide bonds. The lowest BCUT2D eigenvalue weighted by atomic mass is 10.0. The average Bonchev–Trinajstić information content (AvgIpc) is 2.98. The van der Waals surface area contributed by atoms with Crippen LogP contribution in [-0.2, 0) is 11.3 Å². The molecular formula is C23H16F3NO4. The highest BCUT2D eigenvalue weighted by Gasteiger charge is 2.36. The maximum atomic E-state index is 12.5. The van der Waals surface area contributed by atoms with Crippen molar-refractivity contribution >= 4 is 17.4 Å². The van der Waals surface area contributed by atoms with Crippen molar-refractivity contribution in [2.24, 2.45) is 0 Å². The lowest BCUT2D eigenvalue weighted by Crippen LogP contribution is -2.29. The molecule has 158 valence electrons. The summed E-state index contributed by atoms with van der Waals surface area (Å²) >= 11 is 0. The minimum absolute atomic E-state index is 0.227. The lowest BCUT2D eigenvalue weighted by Gasteiger charge is -2.17. The van der Waals surface area contributed by atoms with Gasteiger partial charge in [-0.3, -0.25) is 9.59 Å². The molecule has 0 radical (unpaired) electrons. The van der Waals surface area contributed by atoms with Crippen LogP contribution in [-0.4, -0.2) is 25.2 Å². The van der Waals surface area contributed by atoms with Gasteiger partial charge in [-0.25, -0.2) is 0 Å². The van der Waals surface area contributed by atoms with Crippen LogP contribution in [0.3, 0.4) is 0 Å². The molecule has 0 atom stereocenters. The summed E-state index contributed by atoms with van der Waals surface area (Å²) in [4.78, 5) is 26.5. The third-order valence-corrected chi connectivity index (χ3v) is 4.89. The molecule has 3 aromatic rings. The number of ketones is 1. The molecule has 0 bridgehead atoms. The van der Waals surface area contributed by atoms with E-state index in [9.17, 15) is 22.8 Å². The summed E-state index contributed by atoms with van der Waals surface area (Å²) in [6.45, 7) is 0.227. The molecular weight excluding hydrogens is 411 g/mol. The summed E-state index contributed by atoms with van der Waals surface area (Å²) in [5, 5.41) is 0. The molecule has 0 fully saturated rings. The largest absolute Gasteiger partial charge is 0.573 e. The van der Waals surface area contributed by atoms with Crippen molar-refractivity contribution in [3.63, 3.8) is 0 Å². The van der Waals surface area contributed by atoms with Crippen LogP contribution >= 0.6 is 0 Å². The van der Waals surface area contributed by atoms with Gasteiger partial charge in [0.25, 0.3) is 11.7 Å². The zero-order valence-corrected chi connectivity index (χ0v) is 16.3. The molecule has 0 spiro atoms. The van der Waals surface area contributed by atoms with Gasteiger partial charge >= 0.3 is 6.36 Å². The number of halogens is 3. The molecule has 31 heavy (non-hydrogen) atoms. The number of alkyl halides is 3. The number of carbonyl (C=O) groups is 2. The summed E-state index contributed by atoms with van der Waals surface area (Å²) in [5.41, 5.74) is 2.77. The summed E-state index contributed by atoms with van der Waals surface area (Å²) in [6.07, 6.45) is -4.77. The highest BCUT2D eigenvalue weighted by atomic mass is 19.4. The smallest absolute Gasteiger partial charge is 0.497 e. The summed E-state index contributed by atoms with van der Waals surface area (Å²) in [7, 11) is 1.56. The number of benzene rings is 3. The Kier molecular flexibility index (Phi) is 5.14. The van der Waals surface area contributed by atoms with Crippen LogP contribution in [0.15, 0.2) is 66.7 Å². The Morgan fingerprint density at radius 2 is 1.45 bits per heavy atom. The van der Waals surface area contributed by atoms with Gasteiger partial charge in [0, 0.05) is 0 Å². The number of rotatable bonds is 5. The molecule has 0 aromatic heterocycles. The Labute approximate surface area is 175 Å². The zero-order valence-electron chi connectivity index (χ0n) is 16.3. The molecule has 4 rings (SSSR count). The van der Waals surface area contributed by atoms with E-state index in [0.717, 1.165) is 5.56 Å². The molecule has 1 heterocycles. The highest BCUT2D eigenvalue weighted by Crippen LogP contribution is 2.35. The Morgan fingerprint density at radius 1 is 0.839 bits per heavy atom. The Morgan fingerprint density at radius 3 is 2.06 bits per heavy atom. The number of ether oxygens (including phenoxy) is 2. The topological polar surface area (TPSA) is 55.8 Å². The Balaban J connectivity index is 1.59. The zero-order chi connectivity index (χ0) is 22.2. The molecule has 0 N–H and O–H groups in total. The molecule has 0 saturated heterocycles. The van der Waals surface area contributed by atoms with Gasteiger partial charge in [-0.15, -0.1) is 13.2 Å². The van der Waals surface area contributed by atoms with Crippen LogP contribution in [0, 0.1) is 0 Å². The van der Waals surface area contributed by atoms with Crippen LogP contribution in [0.2, 0.25) is 0 Å². The summed E-state index contributed by atoms with van der Waals surface area (Å²) in [6, 6.07) is 17.4. The molecule has 8 heteroatoms. The van der Waals surface area contributed by atoms with Crippen LogP contribution in [0.5, 0.6) is 11.5 Å². The van der Waals surface area contributed by atoms with E-state index in [2.05, 4.69) is 4.74 Å². The van der Waals surface area contributed by atoms with E-state index >= 15 is 0 Å². The Bertz CT molecular complexity index is 1140. The van der Waals surface area contributed by atoms with Gasteiger partial charge < -0.3 is 14.4 Å². The number of Topliss-reactive ketones (excluding diaryl/α,β-unsaturated/α-hetero) is 1. The fourth-order valence-electron chi connectivity index (χ4n) is 3.40. The van der Waals surface area contributed by atoms with Crippen LogP contribution in [0.4, 0.5) is 18.9 Å². The molecule has 1 aliphatic heterocycles. The fraction of sp³-hybridized carbons (Fsp3) is 0.130. The van der Waals surface area contributed by atoms with Gasteiger partial charge in [0.1, 0.15) is 11.5 Å². The van der Waals surface area contributed by atoms with E-state index in [1.165, 1.54) is 29.2 Å². The monoisotopic (exact) mass is 427 g/mol. The fourth-order valence-corrected chi connectivity index (χ4v) is 3.40. The van der Waals surface area contributed by atoms with Gasteiger partial charge in [0.15, 0.2) is 0 Å². The van der Waals surface area contributed by atoms with E-state index in [4.69, 9.17) is 4.74 Å². The molecule has 3 aromatic carbocycles. The first kappa shape index (κ1) is 20.5. The van der Waals surface area contributed by atoms with Gasteiger partial charge in [-0.1, -0.05) is 30.3 Å². The highest BCUT2D eigenvalue weighted by molar-refractivity contribution is 6.52. The van der Waals surface area contributed by atoms with Crippen molar-refractivity contribution in [1.82, 2.24) is 0 Å². The second-order valence-corrected chi connectivity index (χ2v) is 6.87. The number of anilines is 1. The normalized spacial score (nSPS) is 13.4. The third kappa shape index (κ3) is 4.23. The quantitative estimate of drug-likeness (QED) is 0.539. The molecule has 0 unspecified atom stereocenters. The predicted molar refractivity (Wildman–Crippen MR) is 107 cm³/mol. The SMILES string of the molecule is COc1ccc(CN2C(=O)C(=O)c3cc(-c4ccc(OC(F)(F)F)cc4)ccc32)cc1. The van der Waals surface area contributed by atoms with Crippen molar-refractivity contribution in [1.29, 1.82) is 0 Å². The number of hydrogen-bond donors (Lipinski definition) is 0. The van der Waals surface area contributed by atoms with Crippen molar-refractivity contribution in [2.45, 2.75) is 12.9 Å². The first-order valence-electron chi connectivity index (χ1n) is 9.24. The van der Waals surface area contributed by atoms with Crippen molar-refractivity contribution < 1.29 is 32.2 Å². The van der Waals surface area contributed by atoms with Crippen molar-refractivity contribution in [2.75, 3.05) is 12.0 Å². The standard InChI is InChI=1S/C23H16F3NO4/c1-30-17-7-2-14(3-8-17)13-27-20-11-6-16(12-19(20)21(28)22(27)29)15-4-9-18(10-5-15)31-23(24,25)26/h2-12H,13H2,1H3. The number of nitrogens with zero attached hydrogens (tertiary/aromatic N) is 1. The van der Waals surface area contributed by atoms with E-state index < -0.39 is 18.1 Å². The second-order valence-electron chi connectivity index (χ2n) is 6.87. The number of methoxy groups -OCH3 is 1. The second kappa shape index (κ2) is 7.79. The van der Waals surface area contributed by atoms with Gasteiger partial charge in [-0.05, 0) is 53.1 Å². The van der Waals surface area contributed by atoms with Crippen LogP contribution < -0.4 is 14.4 Å².